The van der Waals surface area contributed by atoms with Crippen molar-refractivity contribution in [2.45, 2.75) is 12.3 Å². The molecule has 0 aliphatic heterocycles. The number of aliphatic hydroxyl groups excluding tert-OH is 1. The van der Waals surface area contributed by atoms with Crippen LogP contribution in [0.15, 0.2) is 42.5 Å². The molecule has 2 aromatic carbocycles. The number of nitrogens with one attached hydrogen (secondary N) is 3. The smallest absolute Gasteiger partial charge is 0.122 e. The van der Waals surface area contributed by atoms with E-state index in [1.807, 2.05) is 36.4 Å². The van der Waals surface area contributed by atoms with Crippen molar-refractivity contribution in [3.05, 3.63) is 59.7 Å². The number of hydrogen-bond acceptors (Lipinski definition) is 4. The minimum atomic E-state index is -0.175. The maximum Gasteiger partial charge on any atom is 0.122 e. The summed E-state index contributed by atoms with van der Waals surface area (Å²) in [5, 5.41) is 17.1. The summed E-state index contributed by atoms with van der Waals surface area (Å²) in [6, 6.07) is 13.2. The fourth-order valence-electron chi connectivity index (χ4n) is 3.03. The van der Waals surface area contributed by atoms with Crippen LogP contribution < -0.4 is 5.73 Å². The van der Waals surface area contributed by atoms with E-state index in [0.29, 0.717) is 12.0 Å². The quantitative estimate of drug-likeness (QED) is 0.283. The maximum atomic E-state index is 9.50. The zero-order valence-electron chi connectivity index (χ0n) is 13.5. The summed E-state index contributed by atoms with van der Waals surface area (Å²) >= 11 is 0. The Morgan fingerprint density at radius 1 is 1.04 bits per heavy atom. The summed E-state index contributed by atoms with van der Waals surface area (Å²) in [4.78, 5) is 15.9. The van der Waals surface area contributed by atoms with Crippen molar-refractivity contribution in [3.8, 4) is 0 Å². The van der Waals surface area contributed by atoms with Crippen LogP contribution in [0.5, 0.6) is 0 Å². The third-order valence-electron chi connectivity index (χ3n) is 4.30. The van der Waals surface area contributed by atoms with Crippen LogP contribution >= 0.6 is 0 Å². The minimum absolute atomic E-state index is 0.0160. The molecule has 0 saturated heterocycles. The van der Waals surface area contributed by atoms with Gasteiger partial charge in [0.2, 0.25) is 0 Å². The van der Waals surface area contributed by atoms with E-state index in [4.69, 9.17) is 11.1 Å². The molecule has 0 aliphatic rings. The van der Waals surface area contributed by atoms with Crippen molar-refractivity contribution in [3.63, 3.8) is 0 Å². The van der Waals surface area contributed by atoms with Crippen LogP contribution in [0.1, 0.15) is 29.6 Å². The number of nitrogens with two attached hydrogens (primary N) is 1. The lowest BCUT2D eigenvalue weighted by Gasteiger charge is -2.09. The number of para-hydroxylation sites is 2. The van der Waals surface area contributed by atoms with Gasteiger partial charge in [-0.25, -0.2) is 9.97 Å². The molecule has 0 bridgehead atoms. The van der Waals surface area contributed by atoms with E-state index < -0.39 is 0 Å². The Morgan fingerprint density at radius 3 is 2.40 bits per heavy atom. The summed E-state index contributed by atoms with van der Waals surface area (Å²) in [6.07, 6.45) is 0.499. The van der Waals surface area contributed by atoms with Gasteiger partial charge in [-0.05, 0) is 36.8 Å². The number of aromatic nitrogens is 4. The highest BCUT2D eigenvalue weighted by Crippen LogP contribution is 2.27. The predicted octanol–water partition coefficient (Wildman–Crippen LogP) is 2.24. The number of hydrogen-bond donors (Lipinski definition) is 5. The number of H-pyrrole nitrogens is 2. The Kier molecular flexibility index (Phi) is 3.70. The lowest BCUT2D eigenvalue weighted by Crippen LogP contribution is -2.10. The van der Waals surface area contributed by atoms with E-state index in [9.17, 15) is 5.11 Å². The number of rotatable bonds is 5. The summed E-state index contributed by atoms with van der Waals surface area (Å²) in [7, 11) is 0. The second-order valence-electron chi connectivity index (χ2n) is 5.97. The van der Waals surface area contributed by atoms with Crippen LogP contribution in [-0.2, 0) is 0 Å². The van der Waals surface area contributed by atoms with Crippen molar-refractivity contribution < 1.29 is 5.11 Å². The average Bonchev–Trinajstić information content (AvgIpc) is 3.22. The fourth-order valence-corrected chi connectivity index (χ4v) is 3.03. The van der Waals surface area contributed by atoms with E-state index in [2.05, 4.69) is 19.9 Å². The number of benzene rings is 2. The molecule has 0 aliphatic carbocycles. The van der Waals surface area contributed by atoms with E-state index in [0.717, 1.165) is 33.7 Å². The molecule has 7 nitrogen and oxygen atoms in total. The lowest BCUT2D eigenvalue weighted by molar-refractivity contribution is 0.279. The van der Waals surface area contributed by atoms with Crippen molar-refractivity contribution in [2.75, 3.05) is 6.61 Å². The summed E-state index contributed by atoms with van der Waals surface area (Å²) in [6.45, 7) is 0.0253. The van der Waals surface area contributed by atoms with Crippen LogP contribution in [0.4, 0.5) is 0 Å². The third-order valence-corrected chi connectivity index (χ3v) is 4.30. The number of amidine groups is 1. The number of aliphatic hydroxyl groups is 1. The highest BCUT2D eigenvalue weighted by molar-refractivity contribution is 5.97. The second-order valence-corrected chi connectivity index (χ2v) is 5.97. The first-order chi connectivity index (χ1) is 12.2. The third kappa shape index (κ3) is 2.74. The molecule has 4 rings (SSSR count). The Morgan fingerprint density at radius 2 is 1.72 bits per heavy atom. The van der Waals surface area contributed by atoms with Crippen molar-refractivity contribution in [1.82, 2.24) is 19.9 Å². The van der Waals surface area contributed by atoms with Crippen LogP contribution in [-0.4, -0.2) is 37.5 Å². The van der Waals surface area contributed by atoms with Gasteiger partial charge in [0, 0.05) is 12.2 Å². The van der Waals surface area contributed by atoms with Crippen LogP contribution in [0, 0.1) is 5.41 Å². The van der Waals surface area contributed by atoms with Gasteiger partial charge in [-0.2, -0.15) is 0 Å². The molecular weight excluding hydrogens is 316 g/mol. The summed E-state index contributed by atoms with van der Waals surface area (Å²) in [5.41, 5.74) is 9.63. The first kappa shape index (κ1) is 15.3. The average molecular weight is 334 g/mol. The number of imidazole rings is 2. The molecule has 0 fully saturated rings. The molecule has 0 spiro atoms. The topological polar surface area (TPSA) is 127 Å². The zero-order chi connectivity index (χ0) is 17.4. The monoisotopic (exact) mass is 334 g/mol. The number of fused-ring (bicyclic) bond motifs is 2. The van der Waals surface area contributed by atoms with Gasteiger partial charge in [-0.15, -0.1) is 0 Å². The Labute approximate surface area is 143 Å². The molecule has 0 radical (unpaired) electrons. The first-order valence-corrected chi connectivity index (χ1v) is 8.05. The van der Waals surface area contributed by atoms with Crippen molar-refractivity contribution >= 4 is 27.9 Å². The molecule has 2 aromatic heterocycles. The molecule has 1 atom stereocenters. The summed E-state index contributed by atoms with van der Waals surface area (Å²) in [5.74, 6) is 1.33. The van der Waals surface area contributed by atoms with Crippen molar-refractivity contribution in [1.29, 1.82) is 5.41 Å². The minimum Gasteiger partial charge on any atom is -0.396 e. The van der Waals surface area contributed by atoms with E-state index in [1.54, 1.807) is 6.07 Å². The lowest BCUT2D eigenvalue weighted by atomic mass is 10.0. The van der Waals surface area contributed by atoms with Crippen LogP contribution in [0.25, 0.3) is 22.1 Å². The second kappa shape index (κ2) is 6.03. The molecule has 7 heteroatoms. The van der Waals surface area contributed by atoms with Gasteiger partial charge < -0.3 is 20.8 Å². The van der Waals surface area contributed by atoms with Gasteiger partial charge in [-0.3, -0.25) is 5.41 Å². The van der Waals surface area contributed by atoms with E-state index in [1.165, 1.54) is 0 Å². The predicted molar refractivity (Wildman–Crippen MR) is 96.7 cm³/mol. The highest BCUT2D eigenvalue weighted by Gasteiger charge is 2.21. The molecule has 25 heavy (non-hydrogen) atoms. The Balaban J connectivity index is 1.80. The first-order valence-electron chi connectivity index (χ1n) is 8.05. The van der Waals surface area contributed by atoms with Crippen LogP contribution in [0.3, 0.4) is 0 Å². The SMILES string of the molecule is N=C(N)c1ccc2nc(C(CCO)c3nc4ccccc4[nH]3)[nH]c2c1. The van der Waals surface area contributed by atoms with Gasteiger partial charge in [0.25, 0.3) is 0 Å². The molecule has 6 N–H and O–H groups in total. The zero-order valence-corrected chi connectivity index (χ0v) is 13.5. The number of nitrogen functional groups attached to an aromatic ring is 1. The summed E-state index contributed by atoms with van der Waals surface area (Å²) < 4.78 is 0. The van der Waals surface area contributed by atoms with Gasteiger partial charge >= 0.3 is 0 Å². The molecular formula is C18H18N6O. The molecule has 0 saturated carbocycles. The normalized spacial score (nSPS) is 12.7. The van der Waals surface area contributed by atoms with Crippen LogP contribution in [0.2, 0.25) is 0 Å². The standard InChI is InChI=1S/C18H18N6O/c19-16(20)10-5-6-14-15(9-10)24-18(23-14)11(7-8-25)17-21-12-3-1-2-4-13(12)22-17/h1-6,9,11,25H,7-8H2,(H3,19,20)(H,21,22)(H,23,24). The molecule has 126 valence electrons. The molecule has 4 aromatic rings. The highest BCUT2D eigenvalue weighted by atomic mass is 16.3. The van der Waals surface area contributed by atoms with E-state index >= 15 is 0 Å². The number of nitrogens with zero attached hydrogens (tertiary/aromatic N) is 2. The largest absolute Gasteiger partial charge is 0.396 e. The maximum absolute atomic E-state index is 9.50. The fraction of sp³-hybridized carbons (Fsp3) is 0.167. The number of aromatic amines is 2. The van der Waals surface area contributed by atoms with Gasteiger partial charge in [0.05, 0.1) is 28.0 Å². The Bertz CT molecular complexity index is 1030. The molecule has 2 heterocycles. The molecule has 1 unspecified atom stereocenters. The van der Waals surface area contributed by atoms with E-state index in [-0.39, 0.29) is 18.4 Å². The molecule has 0 amide bonds. The van der Waals surface area contributed by atoms with Gasteiger partial charge in [0.1, 0.15) is 17.5 Å². The van der Waals surface area contributed by atoms with Gasteiger partial charge in [-0.1, -0.05) is 12.1 Å². The Hall–Kier alpha value is -3.19. The van der Waals surface area contributed by atoms with Gasteiger partial charge in [0.15, 0.2) is 0 Å². The van der Waals surface area contributed by atoms with Crippen molar-refractivity contribution in [2.24, 2.45) is 5.73 Å².